The summed E-state index contributed by atoms with van der Waals surface area (Å²) in [4.78, 5) is 0. The third kappa shape index (κ3) is 2.95. The fourth-order valence-electron chi connectivity index (χ4n) is 4.18. The topological polar surface area (TPSA) is 12.0 Å². The predicted molar refractivity (Wildman–Crippen MR) is 113 cm³/mol. The van der Waals surface area contributed by atoms with Gasteiger partial charge in [0.15, 0.2) is 0 Å². The van der Waals surface area contributed by atoms with Gasteiger partial charge in [0.1, 0.15) is 0 Å². The lowest BCUT2D eigenvalue weighted by molar-refractivity contribution is 0.425. The maximum atomic E-state index is 6.55. The number of rotatable bonds is 1. The molecule has 2 aromatic rings. The van der Waals surface area contributed by atoms with Gasteiger partial charge < -0.3 is 5.32 Å². The monoisotopic (exact) mass is 405 g/mol. The van der Waals surface area contributed by atoms with E-state index in [1.807, 2.05) is 0 Å². The van der Waals surface area contributed by atoms with Gasteiger partial charge in [0.2, 0.25) is 0 Å². The second-order valence-electron chi connectivity index (χ2n) is 8.29. The molecular weight excluding hydrogens is 385 g/mol. The summed E-state index contributed by atoms with van der Waals surface area (Å²) in [6.45, 7) is 6.71. The van der Waals surface area contributed by atoms with E-state index < -0.39 is 0 Å². The highest BCUT2D eigenvalue weighted by atomic mass is 35.5. The molecule has 0 aromatic heterocycles. The molecule has 1 nitrogen and oxygen atoms in total. The van der Waals surface area contributed by atoms with Gasteiger partial charge in [-0.3, -0.25) is 0 Å². The first-order chi connectivity index (χ1) is 12.3. The number of benzene rings is 2. The number of allylic oxidation sites excluding steroid dienone is 2. The Morgan fingerprint density at radius 2 is 1.69 bits per heavy atom. The Hall–Kier alpha value is -1.15. The molecule has 136 valence electrons. The van der Waals surface area contributed by atoms with Crippen molar-refractivity contribution in [1.82, 2.24) is 0 Å². The molecule has 1 N–H and O–H groups in total. The molecule has 1 heterocycles. The van der Waals surface area contributed by atoms with Gasteiger partial charge in [0, 0.05) is 11.5 Å². The van der Waals surface area contributed by atoms with Gasteiger partial charge >= 0.3 is 0 Å². The van der Waals surface area contributed by atoms with Crippen molar-refractivity contribution < 1.29 is 0 Å². The molecule has 0 saturated carbocycles. The van der Waals surface area contributed by atoms with Gasteiger partial charge in [0.25, 0.3) is 0 Å². The number of anilines is 1. The molecule has 0 radical (unpaired) electrons. The summed E-state index contributed by atoms with van der Waals surface area (Å²) in [7, 11) is 0. The summed E-state index contributed by atoms with van der Waals surface area (Å²) >= 11 is 19.4. The number of halogens is 3. The van der Waals surface area contributed by atoms with E-state index >= 15 is 0 Å². The maximum Gasteiger partial charge on any atom is 0.0656 e. The van der Waals surface area contributed by atoms with Crippen LogP contribution >= 0.6 is 34.8 Å². The molecule has 0 unspecified atom stereocenters. The van der Waals surface area contributed by atoms with Crippen molar-refractivity contribution >= 4 is 40.5 Å². The summed E-state index contributed by atoms with van der Waals surface area (Å²) in [6, 6.07) is 10.9. The molecule has 2 aromatic carbocycles. The third-order valence-electron chi connectivity index (χ3n) is 5.62. The summed E-state index contributed by atoms with van der Waals surface area (Å²) in [5.41, 5.74) is 4.72. The molecule has 0 bridgehead atoms. The molecular formula is C22H22Cl3N. The van der Waals surface area contributed by atoms with Crippen molar-refractivity contribution in [2.24, 2.45) is 5.92 Å². The Kier molecular flexibility index (Phi) is 4.54. The van der Waals surface area contributed by atoms with Crippen LogP contribution in [0.3, 0.4) is 0 Å². The molecule has 3 atom stereocenters. The molecule has 0 fully saturated rings. The van der Waals surface area contributed by atoms with E-state index in [0.717, 1.165) is 17.7 Å². The number of hydrogen-bond donors (Lipinski definition) is 1. The van der Waals surface area contributed by atoms with Gasteiger partial charge in [-0.05, 0) is 34.9 Å². The summed E-state index contributed by atoms with van der Waals surface area (Å²) in [5.74, 6) is 0.650. The van der Waals surface area contributed by atoms with Gasteiger partial charge in [-0.2, -0.15) is 0 Å². The minimum Gasteiger partial charge on any atom is -0.376 e. The standard InChI is InChI=1S/C22H22Cl3N/c1-22(2,3)13-9-7-12(8-10-13)20-15-6-4-5-14(15)18-19(25)16(23)11-17(24)21(18)26-20/h4-5,7-11,14-15,20,26H,6H2,1-3H3/t14-,15-,20+/m1/s1. The van der Waals surface area contributed by atoms with E-state index in [2.05, 4.69) is 62.5 Å². The first kappa shape index (κ1) is 18.2. The van der Waals surface area contributed by atoms with Gasteiger partial charge in [-0.25, -0.2) is 0 Å². The van der Waals surface area contributed by atoms with Crippen LogP contribution in [-0.2, 0) is 5.41 Å². The van der Waals surface area contributed by atoms with Crippen LogP contribution in [0.15, 0.2) is 42.5 Å². The van der Waals surface area contributed by atoms with E-state index in [4.69, 9.17) is 34.8 Å². The predicted octanol–water partition coefficient (Wildman–Crippen LogP) is 7.77. The highest BCUT2D eigenvalue weighted by Crippen LogP contribution is 2.55. The molecule has 4 heteroatoms. The smallest absolute Gasteiger partial charge is 0.0656 e. The average molecular weight is 407 g/mol. The molecule has 0 spiro atoms. The maximum absolute atomic E-state index is 6.55. The second-order valence-corrected chi connectivity index (χ2v) is 9.48. The highest BCUT2D eigenvalue weighted by Gasteiger charge is 2.40. The average Bonchev–Trinajstić information content (AvgIpc) is 3.07. The lowest BCUT2D eigenvalue weighted by Gasteiger charge is -2.38. The Morgan fingerprint density at radius 3 is 2.35 bits per heavy atom. The molecule has 4 rings (SSSR count). The van der Waals surface area contributed by atoms with Crippen LogP contribution in [0.4, 0.5) is 5.69 Å². The minimum absolute atomic E-state index is 0.149. The highest BCUT2D eigenvalue weighted by molar-refractivity contribution is 6.44. The van der Waals surface area contributed by atoms with Crippen molar-refractivity contribution in [2.75, 3.05) is 5.32 Å². The van der Waals surface area contributed by atoms with Crippen LogP contribution in [0.5, 0.6) is 0 Å². The zero-order valence-corrected chi connectivity index (χ0v) is 17.4. The van der Waals surface area contributed by atoms with Crippen molar-refractivity contribution in [2.45, 2.75) is 44.6 Å². The molecule has 1 aliphatic heterocycles. The van der Waals surface area contributed by atoms with Crippen molar-refractivity contribution in [1.29, 1.82) is 0 Å². The van der Waals surface area contributed by atoms with Crippen molar-refractivity contribution in [3.8, 4) is 0 Å². The number of nitrogens with one attached hydrogen (secondary N) is 1. The largest absolute Gasteiger partial charge is 0.376 e. The lowest BCUT2D eigenvalue weighted by atomic mass is 9.76. The van der Waals surface area contributed by atoms with Crippen molar-refractivity contribution in [3.63, 3.8) is 0 Å². The van der Waals surface area contributed by atoms with Crippen LogP contribution in [0, 0.1) is 5.92 Å². The lowest BCUT2D eigenvalue weighted by Crippen LogP contribution is -2.29. The van der Waals surface area contributed by atoms with Crippen molar-refractivity contribution in [3.05, 3.63) is 74.2 Å². The van der Waals surface area contributed by atoms with Crippen LogP contribution in [0.25, 0.3) is 0 Å². The molecule has 0 saturated heterocycles. The fourth-order valence-corrected chi connectivity index (χ4v) is 4.99. The molecule has 0 amide bonds. The first-order valence-corrected chi connectivity index (χ1v) is 10.1. The Morgan fingerprint density at radius 1 is 1.00 bits per heavy atom. The third-order valence-corrected chi connectivity index (χ3v) is 6.72. The minimum atomic E-state index is 0.149. The van der Waals surface area contributed by atoms with E-state index in [-0.39, 0.29) is 17.4 Å². The van der Waals surface area contributed by atoms with Gasteiger partial charge in [-0.15, -0.1) is 0 Å². The fraction of sp³-hybridized carbons (Fsp3) is 0.364. The van der Waals surface area contributed by atoms with Crippen LogP contribution in [0.1, 0.15) is 55.8 Å². The second kappa shape index (κ2) is 6.48. The number of fused-ring (bicyclic) bond motifs is 3. The Bertz CT molecular complexity index is 878. The summed E-state index contributed by atoms with van der Waals surface area (Å²) in [6.07, 6.45) is 5.51. The SMILES string of the molecule is CC(C)(C)c1ccc([C@@H]2Nc3c(Cl)cc(Cl)c(Cl)c3[C@@H]3C=CC[C@H]32)cc1. The quantitative estimate of drug-likeness (QED) is 0.376. The van der Waals surface area contributed by atoms with Crippen LogP contribution < -0.4 is 5.32 Å². The van der Waals surface area contributed by atoms with Gasteiger partial charge in [-0.1, -0.05) is 92.0 Å². The molecule has 26 heavy (non-hydrogen) atoms. The zero-order chi connectivity index (χ0) is 18.6. The molecule has 1 aliphatic carbocycles. The van der Waals surface area contributed by atoms with E-state index in [1.165, 1.54) is 11.1 Å². The zero-order valence-electron chi connectivity index (χ0n) is 15.1. The van der Waals surface area contributed by atoms with E-state index in [9.17, 15) is 0 Å². The Labute approximate surface area is 170 Å². The Balaban J connectivity index is 1.77. The molecule has 2 aliphatic rings. The normalized spacial score (nSPS) is 24.2. The van der Waals surface area contributed by atoms with E-state index in [0.29, 0.717) is 21.0 Å². The van der Waals surface area contributed by atoms with Crippen LogP contribution in [0.2, 0.25) is 15.1 Å². The summed E-state index contributed by atoms with van der Waals surface area (Å²) in [5, 5.41) is 5.42. The summed E-state index contributed by atoms with van der Waals surface area (Å²) < 4.78 is 0. The van der Waals surface area contributed by atoms with E-state index in [1.54, 1.807) is 6.07 Å². The van der Waals surface area contributed by atoms with Crippen LogP contribution in [-0.4, -0.2) is 0 Å². The number of hydrogen-bond acceptors (Lipinski definition) is 1. The van der Waals surface area contributed by atoms with Gasteiger partial charge in [0.05, 0.1) is 26.8 Å². The first-order valence-electron chi connectivity index (χ1n) is 8.98.